The summed E-state index contributed by atoms with van der Waals surface area (Å²) in [6, 6.07) is 8.88. The highest BCUT2D eigenvalue weighted by Gasteiger charge is 2.26. The number of likely N-dealkylation sites (N-methyl/N-ethyl adjacent to an activating group) is 1. The minimum atomic E-state index is 0. The molecule has 1 aromatic carbocycles. The number of hydrogen-bond acceptors (Lipinski definition) is 2. The van der Waals surface area contributed by atoms with E-state index >= 15 is 0 Å². The number of nitrogens with zero attached hydrogens (tertiary/aromatic N) is 1. The summed E-state index contributed by atoms with van der Waals surface area (Å²) in [5.74, 6) is 0.288. The van der Waals surface area contributed by atoms with Crippen molar-refractivity contribution in [1.29, 1.82) is 0 Å². The first-order chi connectivity index (χ1) is 9.72. The molecule has 1 aromatic rings. The van der Waals surface area contributed by atoms with Crippen molar-refractivity contribution in [3.05, 3.63) is 35.4 Å². The maximum Gasteiger partial charge on any atom is 0.222 e. The molecule has 0 unspecified atom stereocenters. The fraction of sp³-hybridized carbons (Fsp3) is 0.588. The SMILES string of the molecule is CN(C(=O)CCCCCCN)C1Cc2ccccc2C1.Cl. The third-order valence-electron chi connectivity index (χ3n) is 4.32. The lowest BCUT2D eigenvalue weighted by Crippen LogP contribution is -2.37. The Labute approximate surface area is 134 Å². The van der Waals surface area contributed by atoms with Gasteiger partial charge in [0.1, 0.15) is 0 Å². The standard InChI is InChI=1S/C17H26N2O.ClH/c1-19(17(20)10-4-2-3-7-11-18)16-12-14-8-5-6-9-15(14)13-16;/h5-6,8-9,16H,2-4,7,10-13,18H2,1H3;1H. The molecule has 0 atom stereocenters. The number of amides is 1. The van der Waals surface area contributed by atoms with Crippen LogP contribution >= 0.6 is 12.4 Å². The first-order valence-corrected chi connectivity index (χ1v) is 7.75. The molecule has 21 heavy (non-hydrogen) atoms. The van der Waals surface area contributed by atoms with Gasteiger partial charge in [-0.2, -0.15) is 0 Å². The van der Waals surface area contributed by atoms with Crippen LogP contribution in [0.3, 0.4) is 0 Å². The number of fused-ring (bicyclic) bond motifs is 1. The van der Waals surface area contributed by atoms with Crippen LogP contribution in [-0.4, -0.2) is 30.4 Å². The van der Waals surface area contributed by atoms with Crippen LogP contribution in [0.1, 0.15) is 43.2 Å². The monoisotopic (exact) mass is 310 g/mol. The van der Waals surface area contributed by atoms with E-state index in [1.807, 2.05) is 11.9 Å². The highest BCUT2D eigenvalue weighted by molar-refractivity contribution is 5.85. The molecule has 0 bridgehead atoms. The molecule has 0 saturated heterocycles. The third-order valence-corrected chi connectivity index (χ3v) is 4.32. The van der Waals surface area contributed by atoms with Crippen molar-refractivity contribution < 1.29 is 4.79 Å². The zero-order valence-corrected chi connectivity index (χ0v) is 13.7. The first kappa shape index (κ1) is 18.0. The lowest BCUT2D eigenvalue weighted by atomic mass is 10.1. The summed E-state index contributed by atoms with van der Waals surface area (Å²) in [4.78, 5) is 14.2. The average molecular weight is 311 g/mol. The van der Waals surface area contributed by atoms with Crippen LogP contribution < -0.4 is 5.73 Å². The van der Waals surface area contributed by atoms with E-state index in [-0.39, 0.29) is 18.3 Å². The number of halogens is 1. The Morgan fingerprint density at radius 3 is 2.29 bits per heavy atom. The second-order valence-electron chi connectivity index (χ2n) is 5.79. The number of carbonyl (C=O) groups excluding carboxylic acids is 1. The van der Waals surface area contributed by atoms with Gasteiger partial charge in [0.25, 0.3) is 0 Å². The van der Waals surface area contributed by atoms with Crippen LogP contribution in [-0.2, 0) is 17.6 Å². The van der Waals surface area contributed by atoms with Crippen molar-refractivity contribution in [2.24, 2.45) is 5.73 Å². The molecule has 1 amide bonds. The Bertz CT molecular complexity index is 425. The van der Waals surface area contributed by atoms with Gasteiger partial charge in [0, 0.05) is 19.5 Å². The molecule has 4 heteroatoms. The van der Waals surface area contributed by atoms with E-state index in [9.17, 15) is 4.79 Å². The molecule has 0 spiro atoms. The highest BCUT2D eigenvalue weighted by Crippen LogP contribution is 2.25. The van der Waals surface area contributed by atoms with E-state index in [0.717, 1.165) is 45.1 Å². The van der Waals surface area contributed by atoms with Gasteiger partial charge in [-0.1, -0.05) is 37.1 Å². The molecule has 1 aliphatic rings. The maximum absolute atomic E-state index is 12.2. The second-order valence-corrected chi connectivity index (χ2v) is 5.79. The molecule has 3 nitrogen and oxygen atoms in total. The van der Waals surface area contributed by atoms with Gasteiger partial charge in [-0.3, -0.25) is 4.79 Å². The fourth-order valence-corrected chi connectivity index (χ4v) is 2.96. The summed E-state index contributed by atoms with van der Waals surface area (Å²) in [5.41, 5.74) is 8.27. The van der Waals surface area contributed by atoms with Crippen molar-refractivity contribution in [3.63, 3.8) is 0 Å². The summed E-state index contributed by atoms with van der Waals surface area (Å²) in [6.45, 7) is 0.758. The van der Waals surface area contributed by atoms with Crippen molar-refractivity contribution in [2.45, 2.75) is 51.0 Å². The summed E-state index contributed by atoms with van der Waals surface area (Å²) in [5, 5.41) is 0. The Morgan fingerprint density at radius 1 is 1.14 bits per heavy atom. The Kier molecular flexibility index (Phi) is 7.76. The predicted octanol–water partition coefficient (Wildman–Crippen LogP) is 2.94. The van der Waals surface area contributed by atoms with Crippen molar-refractivity contribution in [3.8, 4) is 0 Å². The van der Waals surface area contributed by atoms with Gasteiger partial charge < -0.3 is 10.6 Å². The van der Waals surface area contributed by atoms with E-state index in [0.29, 0.717) is 12.5 Å². The minimum Gasteiger partial charge on any atom is -0.342 e. The predicted molar refractivity (Wildman–Crippen MR) is 89.8 cm³/mol. The summed E-state index contributed by atoms with van der Waals surface area (Å²) < 4.78 is 0. The minimum absolute atomic E-state index is 0. The molecule has 0 heterocycles. The van der Waals surface area contributed by atoms with Crippen molar-refractivity contribution in [2.75, 3.05) is 13.6 Å². The third kappa shape index (κ3) is 5.01. The van der Waals surface area contributed by atoms with E-state index in [1.54, 1.807) is 0 Å². The molecule has 1 aliphatic carbocycles. The van der Waals surface area contributed by atoms with E-state index in [4.69, 9.17) is 5.73 Å². The molecular weight excluding hydrogens is 284 g/mol. The Hall–Kier alpha value is -1.06. The molecule has 0 fully saturated rings. The van der Waals surface area contributed by atoms with Crippen molar-refractivity contribution >= 4 is 18.3 Å². The lowest BCUT2D eigenvalue weighted by Gasteiger charge is -2.24. The normalized spacial score (nSPS) is 13.6. The molecule has 2 N–H and O–H groups in total. The second kappa shape index (κ2) is 9.06. The van der Waals surface area contributed by atoms with Gasteiger partial charge in [0.2, 0.25) is 5.91 Å². The average Bonchev–Trinajstić information content (AvgIpc) is 2.89. The lowest BCUT2D eigenvalue weighted by molar-refractivity contribution is -0.131. The number of unbranched alkanes of at least 4 members (excludes halogenated alkanes) is 3. The summed E-state index contributed by atoms with van der Waals surface area (Å²) >= 11 is 0. The summed E-state index contributed by atoms with van der Waals surface area (Å²) in [6.07, 6.45) is 7.00. The van der Waals surface area contributed by atoms with Crippen molar-refractivity contribution in [1.82, 2.24) is 4.90 Å². The largest absolute Gasteiger partial charge is 0.342 e. The maximum atomic E-state index is 12.2. The molecule has 0 aliphatic heterocycles. The zero-order valence-electron chi connectivity index (χ0n) is 12.9. The van der Waals surface area contributed by atoms with Crippen LogP contribution in [0.5, 0.6) is 0 Å². The highest BCUT2D eigenvalue weighted by atomic mass is 35.5. The molecule has 118 valence electrons. The summed E-state index contributed by atoms with van der Waals surface area (Å²) in [7, 11) is 1.96. The smallest absolute Gasteiger partial charge is 0.222 e. The van der Waals surface area contributed by atoms with Crippen LogP contribution in [0, 0.1) is 0 Å². The number of nitrogens with two attached hydrogens (primary N) is 1. The van der Waals surface area contributed by atoms with Gasteiger partial charge in [0.05, 0.1) is 0 Å². The van der Waals surface area contributed by atoms with Crippen LogP contribution in [0.4, 0.5) is 0 Å². The van der Waals surface area contributed by atoms with Crippen LogP contribution in [0.25, 0.3) is 0 Å². The van der Waals surface area contributed by atoms with Gasteiger partial charge in [-0.15, -0.1) is 12.4 Å². The number of hydrogen-bond donors (Lipinski definition) is 1. The molecular formula is C17H27ClN2O. The topological polar surface area (TPSA) is 46.3 Å². The molecule has 0 saturated carbocycles. The van der Waals surface area contributed by atoms with Crippen LogP contribution in [0.15, 0.2) is 24.3 Å². The molecule has 2 rings (SSSR count). The fourth-order valence-electron chi connectivity index (χ4n) is 2.96. The van der Waals surface area contributed by atoms with E-state index < -0.39 is 0 Å². The van der Waals surface area contributed by atoms with E-state index in [2.05, 4.69) is 24.3 Å². The number of rotatable bonds is 7. The Balaban J connectivity index is 0.00000220. The molecule has 0 radical (unpaired) electrons. The van der Waals surface area contributed by atoms with Gasteiger partial charge >= 0.3 is 0 Å². The number of carbonyl (C=O) groups is 1. The molecule has 0 aromatic heterocycles. The quantitative estimate of drug-likeness (QED) is 0.787. The zero-order chi connectivity index (χ0) is 14.4. The Morgan fingerprint density at radius 2 is 1.71 bits per heavy atom. The van der Waals surface area contributed by atoms with Gasteiger partial charge in [-0.05, 0) is 43.4 Å². The van der Waals surface area contributed by atoms with E-state index in [1.165, 1.54) is 11.1 Å². The first-order valence-electron chi connectivity index (χ1n) is 7.75. The van der Waals surface area contributed by atoms with Crippen LogP contribution in [0.2, 0.25) is 0 Å². The van der Waals surface area contributed by atoms with Gasteiger partial charge in [0.15, 0.2) is 0 Å². The number of benzene rings is 1. The van der Waals surface area contributed by atoms with Gasteiger partial charge in [-0.25, -0.2) is 0 Å².